The summed E-state index contributed by atoms with van der Waals surface area (Å²) in [7, 11) is 1.79. The maximum Gasteiger partial charge on any atom is 0.228 e. The lowest BCUT2D eigenvalue weighted by molar-refractivity contribution is -0.129. The lowest BCUT2D eigenvalue weighted by Gasteiger charge is -2.18. The van der Waals surface area contributed by atoms with E-state index in [1.54, 1.807) is 41.9 Å². The lowest BCUT2D eigenvalue weighted by atomic mass is 10.1. The molecule has 0 bridgehead atoms. The van der Waals surface area contributed by atoms with E-state index >= 15 is 0 Å². The highest BCUT2D eigenvalue weighted by molar-refractivity contribution is 7.09. The van der Waals surface area contributed by atoms with Gasteiger partial charge in [-0.2, -0.15) is 0 Å². The van der Waals surface area contributed by atoms with Crippen LogP contribution in [0.2, 0.25) is 0 Å². The van der Waals surface area contributed by atoms with E-state index < -0.39 is 0 Å². The van der Waals surface area contributed by atoms with Crippen LogP contribution in [-0.4, -0.2) is 37.8 Å². The maximum atomic E-state index is 12.5. The van der Waals surface area contributed by atoms with Gasteiger partial charge >= 0.3 is 0 Å². The van der Waals surface area contributed by atoms with Gasteiger partial charge in [0.15, 0.2) is 0 Å². The number of hydrogen-bond acceptors (Lipinski definition) is 6. The molecule has 3 aromatic rings. The third kappa shape index (κ3) is 4.24. The summed E-state index contributed by atoms with van der Waals surface area (Å²) in [6.45, 7) is 4.20. The Hall–Kier alpha value is -2.67. The van der Waals surface area contributed by atoms with Crippen molar-refractivity contribution in [2.24, 2.45) is 0 Å². The Bertz CT molecular complexity index is 878. The van der Waals surface area contributed by atoms with E-state index in [2.05, 4.69) is 19.9 Å². The average molecular weight is 353 g/mol. The highest BCUT2D eigenvalue weighted by Crippen LogP contribution is 2.22. The molecule has 3 rings (SSSR count). The first-order valence-corrected chi connectivity index (χ1v) is 8.79. The molecule has 0 N–H and O–H groups in total. The summed E-state index contributed by atoms with van der Waals surface area (Å²) < 4.78 is 0. The van der Waals surface area contributed by atoms with Gasteiger partial charge in [-0.1, -0.05) is 0 Å². The predicted molar refractivity (Wildman–Crippen MR) is 97.0 cm³/mol. The largest absolute Gasteiger partial charge is 0.339 e. The van der Waals surface area contributed by atoms with E-state index in [0.717, 1.165) is 27.5 Å². The van der Waals surface area contributed by atoms with Crippen LogP contribution in [0.1, 0.15) is 22.2 Å². The first kappa shape index (κ1) is 17.2. The molecule has 0 atom stereocenters. The van der Waals surface area contributed by atoms with Crippen LogP contribution in [0.15, 0.2) is 36.1 Å². The van der Waals surface area contributed by atoms with Gasteiger partial charge in [-0.15, -0.1) is 11.3 Å². The van der Waals surface area contributed by atoms with Crippen molar-refractivity contribution in [2.45, 2.75) is 26.8 Å². The second kappa shape index (κ2) is 7.48. The lowest BCUT2D eigenvalue weighted by Crippen LogP contribution is -2.28. The molecule has 0 radical (unpaired) electrons. The van der Waals surface area contributed by atoms with Crippen LogP contribution in [0, 0.1) is 13.8 Å². The maximum absolute atomic E-state index is 12.5. The summed E-state index contributed by atoms with van der Waals surface area (Å²) in [5.41, 5.74) is 3.54. The first-order valence-electron chi connectivity index (χ1n) is 7.91. The zero-order valence-electron chi connectivity index (χ0n) is 14.4. The second-order valence-electron chi connectivity index (χ2n) is 5.80. The van der Waals surface area contributed by atoms with Gasteiger partial charge in [0.2, 0.25) is 5.91 Å². The third-order valence-corrected chi connectivity index (χ3v) is 4.61. The van der Waals surface area contributed by atoms with Gasteiger partial charge < -0.3 is 4.90 Å². The van der Waals surface area contributed by atoms with Gasteiger partial charge in [-0.3, -0.25) is 9.78 Å². The molecule has 7 heteroatoms. The van der Waals surface area contributed by atoms with E-state index in [1.807, 2.05) is 31.4 Å². The summed E-state index contributed by atoms with van der Waals surface area (Å²) in [5, 5.41) is 2.90. The molecular formula is C18H19N5OS. The summed E-state index contributed by atoms with van der Waals surface area (Å²) in [5.74, 6) is 0.700. The fourth-order valence-electron chi connectivity index (χ4n) is 2.50. The average Bonchev–Trinajstić information content (AvgIpc) is 3.00. The number of likely N-dealkylation sites (N-methyl/N-ethyl adjacent to an activating group) is 1. The number of aryl methyl sites for hydroxylation is 2. The van der Waals surface area contributed by atoms with Crippen LogP contribution in [0.4, 0.5) is 0 Å². The van der Waals surface area contributed by atoms with Gasteiger partial charge in [-0.05, 0) is 31.5 Å². The van der Waals surface area contributed by atoms with E-state index in [0.29, 0.717) is 18.8 Å². The number of pyridine rings is 1. The van der Waals surface area contributed by atoms with Gasteiger partial charge in [0.1, 0.15) is 5.82 Å². The van der Waals surface area contributed by atoms with E-state index in [4.69, 9.17) is 0 Å². The van der Waals surface area contributed by atoms with Crippen LogP contribution in [0.25, 0.3) is 11.1 Å². The van der Waals surface area contributed by atoms with Crippen LogP contribution in [-0.2, 0) is 17.8 Å². The molecule has 0 aromatic carbocycles. The van der Waals surface area contributed by atoms with Gasteiger partial charge in [0.25, 0.3) is 0 Å². The Balaban J connectivity index is 1.79. The minimum absolute atomic E-state index is 0.0160. The van der Waals surface area contributed by atoms with Crippen LogP contribution in [0.5, 0.6) is 0 Å². The molecule has 3 heterocycles. The SMILES string of the molecule is Cc1ncc(-c2ccncc2)c(CN(C)C(=O)Cc2csc(C)n2)n1. The van der Waals surface area contributed by atoms with Gasteiger partial charge in [-0.25, -0.2) is 15.0 Å². The Labute approximate surface area is 150 Å². The normalized spacial score (nSPS) is 10.7. The molecule has 0 spiro atoms. The number of nitrogens with zero attached hydrogens (tertiary/aromatic N) is 5. The molecule has 0 unspecified atom stereocenters. The van der Waals surface area contributed by atoms with Crippen molar-refractivity contribution in [3.8, 4) is 11.1 Å². The highest BCUT2D eigenvalue weighted by atomic mass is 32.1. The zero-order valence-corrected chi connectivity index (χ0v) is 15.2. The predicted octanol–water partition coefficient (Wildman–Crippen LogP) is 2.81. The number of rotatable bonds is 5. The fourth-order valence-corrected chi connectivity index (χ4v) is 3.11. The van der Waals surface area contributed by atoms with Gasteiger partial charge in [0, 0.05) is 36.6 Å². The van der Waals surface area contributed by atoms with Crippen molar-refractivity contribution >= 4 is 17.2 Å². The zero-order chi connectivity index (χ0) is 17.8. The first-order chi connectivity index (χ1) is 12.0. The summed E-state index contributed by atoms with van der Waals surface area (Å²) in [6.07, 6.45) is 5.57. The number of hydrogen-bond donors (Lipinski definition) is 0. The Morgan fingerprint density at radius 1 is 1.20 bits per heavy atom. The van der Waals surface area contributed by atoms with E-state index in [-0.39, 0.29) is 5.91 Å². The second-order valence-corrected chi connectivity index (χ2v) is 6.86. The number of amides is 1. The summed E-state index contributed by atoms with van der Waals surface area (Å²) in [4.78, 5) is 31.4. The van der Waals surface area contributed by atoms with Crippen molar-refractivity contribution in [2.75, 3.05) is 7.05 Å². The fraction of sp³-hybridized carbons (Fsp3) is 0.278. The number of carbonyl (C=O) groups excluding carboxylic acids is 1. The third-order valence-electron chi connectivity index (χ3n) is 3.79. The minimum atomic E-state index is 0.0160. The van der Waals surface area contributed by atoms with Gasteiger partial charge in [0.05, 0.1) is 29.4 Å². The van der Waals surface area contributed by atoms with Crippen molar-refractivity contribution < 1.29 is 4.79 Å². The van der Waals surface area contributed by atoms with Crippen molar-refractivity contribution in [3.63, 3.8) is 0 Å². The molecular weight excluding hydrogens is 334 g/mol. The molecule has 0 fully saturated rings. The number of carbonyl (C=O) groups is 1. The molecule has 0 aliphatic heterocycles. The van der Waals surface area contributed by atoms with Crippen LogP contribution in [0.3, 0.4) is 0 Å². The molecule has 1 amide bonds. The molecule has 0 aliphatic rings. The standard InChI is InChI=1S/C18H19N5OS/c1-12-20-9-16(14-4-6-19-7-5-14)17(21-12)10-23(3)18(24)8-15-11-25-13(2)22-15/h4-7,9,11H,8,10H2,1-3H3. The smallest absolute Gasteiger partial charge is 0.228 e. The summed E-state index contributed by atoms with van der Waals surface area (Å²) >= 11 is 1.56. The molecule has 0 saturated heterocycles. The summed E-state index contributed by atoms with van der Waals surface area (Å²) in [6, 6.07) is 3.83. The highest BCUT2D eigenvalue weighted by Gasteiger charge is 2.16. The Kier molecular flexibility index (Phi) is 5.14. The van der Waals surface area contributed by atoms with Crippen LogP contribution < -0.4 is 0 Å². The molecule has 25 heavy (non-hydrogen) atoms. The molecule has 0 saturated carbocycles. The van der Waals surface area contributed by atoms with E-state index in [1.165, 1.54) is 0 Å². The topological polar surface area (TPSA) is 71.9 Å². The molecule has 3 aromatic heterocycles. The Morgan fingerprint density at radius 2 is 1.96 bits per heavy atom. The Morgan fingerprint density at radius 3 is 2.64 bits per heavy atom. The number of aromatic nitrogens is 4. The monoisotopic (exact) mass is 353 g/mol. The van der Waals surface area contributed by atoms with E-state index in [9.17, 15) is 4.79 Å². The quantitative estimate of drug-likeness (QED) is 0.705. The minimum Gasteiger partial charge on any atom is -0.339 e. The molecule has 0 aliphatic carbocycles. The van der Waals surface area contributed by atoms with Crippen molar-refractivity contribution in [1.29, 1.82) is 0 Å². The van der Waals surface area contributed by atoms with Crippen molar-refractivity contribution in [3.05, 3.63) is 58.3 Å². The number of thiazole rings is 1. The van der Waals surface area contributed by atoms with Crippen molar-refractivity contribution in [1.82, 2.24) is 24.8 Å². The van der Waals surface area contributed by atoms with Crippen LogP contribution >= 0.6 is 11.3 Å². The molecule has 6 nitrogen and oxygen atoms in total. The molecule has 128 valence electrons.